The summed E-state index contributed by atoms with van der Waals surface area (Å²) in [5.41, 5.74) is 4.31. The molecule has 0 saturated carbocycles. The van der Waals surface area contributed by atoms with E-state index in [1.54, 1.807) is 0 Å². The van der Waals surface area contributed by atoms with Gasteiger partial charge in [-0.2, -0.15) is 4.98 Å². The Morgan fingerprint density at radius 1 is 1.26 bits per heavy atom. The molecule has 118 valence electrons. The first-order valence-corrected chi connectivity index (χ1v) is 7.56. The predicted molar refractivity (Wildman–Crippen MR) is 78.5 cm³/mol. The number of aromatic amines is 1. The minimum atomic E-state index is -4.11. The lowest BCUT2D eigenvalue weighted by Gasteiger charge is -2.06. The van der Waals surface area contributed by atoms with Gasteiger partial charge in [0, 0.05) is 0 Å². The summed E-state index contributed by atoms with van der Waals surface area (Å²) in [5.74, 6) is -1.43. The zero-order valence-electron chi connectivity index (χ0n) is 11.3. The average molecular weight is 335 g/mol. The Labute approximate surface area is 128 Å². The van der Waals surface area contributed by atoms with Crippen LogP contribution in [0.5, 0.6) is 0 Å². The van der Waals surface area contributed by atoms with Gasteiger partial charge in [-0.25, -0.2) is 22.2 Å². The van der Waals surface area contributed by atoms with Crippen LogP contribution in [-0.4, -0.2) is 38.4 Å². The first-order valence-electron chi connectivity index (χ1n) is 6.12. The molecule has 0 atom stereocenters. The third kappa shape index (κ3) is 2.32. The lowest BCUT2D eigenvalue weighted by Crippen LogP contribution is -2.16. The molecule has 0 amide bonds. The Balaban J connectivity index is 2.20. The molecule has 0 radical (unpaired) electrons. The first kappa shape index (κ1) is 14.7. The summed E-state index contributed by atoms with van der Waals surface area (Å²) < 4.78 is 25.9. The highest BCUT2D eigenvalue weighted by Crippen LogP contribution is 2.18. The van der Waals surface area contributed by atoms with E-state index in [9.17, 15) is 18.0 Å². The quantitative estimate of drug-likeness (QED) is 0.584. The molecule has 4 N–H and O–H groups in total. The van der Waals surface area contributed by atoms with Gasteiger partial charge < -0.3 is 10.8 Å². The van der Waals surface area contributed by atoms with Gasteiger partial charge >= 0.3 is 5.97 Å². The number of aromatic carboxylic acids is 1. The maximum absolute atomic E-state index is 12.6. The van der Waals surface area contributed by atoms with Crippen molar-refractivity contribution in [3.63, 3.8) is 0 Å². The number of fused-ring (bicyclic) bond motifs is 1. The SMILES string of the molecule is Nc1nc2c(ncn2S(=O)(=O)c2ccc(C(=O)O)cc2)c(=O)[nH]1. The Bertz CT molecular complexity index is 1080. The number of nitrogens with two attached hydrogens (primary N) is 1. The van der Waals surface area contributed by atoms with Gasteiger partial charge in [0.15, 0.2) is 11.2 Å². The maximum Gasteiger partial charge on any atom is 0.335 e. The standard InChI is InChI=1S/C12H9N5O5S/c13-12-15-9-8(10(18)16-12)14-5-17(9)23(21,22)7-3-1-6(2-4-7)11(19)20/h1-5H,(H,19,20)(H3,13,15,16,18). The van der Waals surface area contributed by atoms with Crippen LogP contribution in [0, 0.1) is 0 Å². The molecular formula is C12H9N5O5S. The van der Waals surface area contributed by atoms with Crippen LogP contribution in [0.25, 0.3) is 11.2 Å². The van der Waals surface area contributed by atoms with Crippen molar-refractivity contribution in [3.05, 3.63) is 46.5 Å². The second kappa shape index (κ2) is 4.91. The van der Waals surface area contributed by atoms with Crippen molar-refractivity contribution < 1.29 is 18.3 Å². The number of H-pyrrole nitrogens is 1. The van der Waals surface area contributed by atoms with Gasteiger partial charge in [0.05, 0.1) is 10.5 Å². The van der Waals surface area contributed by atoms with E-state index in [-0.39, 0.29) is 27.6 Å². The molecule has 3 aromatic rings. The van der Waals surface area contributed by atoms with Crippen LogP contribution in [0.3, 0.4) is 0 Å². The van der Waals surface area contributed by atoms with Crippen LogP contribution in [-0.2, 0) is 10.0 Å². The van der Waals surface area contributed by atoms with E-state index in [0.29, 0.717) is 3.97 Å². The fourth-order valence-corrected chi connectivity index (χ4v) is 3.20. The number of carboxylic acid groups (broad SMARTS) is 1. The summed E-state index contributed by atoms with van der Waals surface area (Å²) in [7, 11) is -4.11. The summed E-state index contributed by atoms with van der Waals surface area (Å²) >= 11 is 0. The van der Waals surface area contributed by atoms with E-state index in [4.69, 9.17) is 10.8 Å². The number of hydrogen-bond acceptors (Lipinski definition) is 7. The van der Waals surface area contributed by atoms with Crippen molar-refractivity contribution in [2.75, 3.05) is 5.73 Å². The van der Waals surface area contributed by atoms with Gasteiger partial charge in [0.25, 0.3) is 15.6 Å². The van der Waals surface area contributed by atoms with Gasteiger partial charge in [-0.3, -0.25) is 9.78 Å². The van der Waals surface area contributed by atoms with E-state index < -0.39 is 21.6 Å². The Morgan fingerprint density at radius 2 is 1.91 bits per heavy atom. The van der Waals surface area contributed by atoms with Gasteiger partial charge in [-0.1, -0.05) is 0 Å². The lowest BCUT2D eigenvalue weighted by molar-refractivity contribution is 0.0696. The molecule has 0 bridgehead atoms. The van der Waals surface area contributed by atoms with Gasteiger partial charge in [0.2, 0.25) is 5.95 Å². The molecule has 11 heteroatoms. The topological polar surface area (TPSA) is 161 Å². The average Bonchev–Trinajstić information content (AvgIpc) is 2.92. The zero-order valence-corrected chi connectivity index (χ0v) is 12.1. The molecule has 0 unspecified atom stereocenters. The lowest BCUT2D eigenvalue weighted by atomic mass is 10.2. The number of anilines is 1. The molecule has 0 aliphatic carbocycles. The van der Waals surface area contributed by atoms with Crippen molar-refractivity contribution in [3.8, 4) is 0 Å². The predicted octanol–water partition coefficient (Wildman–Crippen LogP) is -0.363. The molecule has 0 aliphatic heterocycles. The minimum Gasteiger partial charge on any atom is -0.478 e. The number of nitrogens with one attached hydrogen (secondary N) is 1. The maximum atomic E-state index is 12.6. The number of nitrogen functional groups attached to an aromatic ring is 1. The number of aromatic nitrogens is 4. The third-order valence-corrected chi connectivity index (χ3v) is 4.71. The summed E-state index contributed by atoms with van der Waals surface area (Å²) in [6.45, 7) is 0. The molecule has 2 heterocycles. The van der Waals surface area contributed by atoms with Crippen LogP contribution in [0.2, 0.25) is 0 Å². The molecule has 0 fully saturated rings. The normalized spacial score (nSPS) is 11.7. The number of nitrogens with zero attached hydrogens (tertiary/aromatic N) is 3. The fraction of sp³-hybridized carbons (Fsp3) is 0. The molecule has 1 aromatic carbocycles. The largest absolute Gasteiger partial charge is 0.478 e. The first-order chi connectivity index (χ1) is 10.8. The molecule has 2 aromatic heterocycles. The smallest absolute Gasteiger partial charge is 0.335 e. The molecule has 3 rings (SSSR count). The van der Waals surface area contributed by atoms with E-state index in [0.717, 1.165) is 30.6 Å². The number of rotatable bonds is 3. The Morgan fingerprint density at radius 3 is 2.52 bits per heavy atom. The highest BCUT2D eigenvalue weighted by Gasteiger charge is 2.22. The van der Waals surface area contributed by atoms with Crippen molar-refractivity contribution in [1.29, 1.82) is 0 Å². The molecule has 0 aliphatic rings. The minimum absolute atomic E-state index is 0.0572. The van der Waals surface area contributed by atoms with E-state index >= 15 is 0 Å². The molecule has 0 saturated heterocycles. The van der Waals surface area contributed by atoms with Crippen molar-refractivity contribution in [1.82, 2.24) is 18.9 Å². The number of benzene rings is 1. The zero-order chi connectivity index (χ0) is 16.8. The summed E-state index contributed by atoms with van der Waals surface area (Å²) in [6.07, 6.45) is 0.937. The number of hydrogen-bond donors (Lipinski definition) is 3. The van der Waals surface area contributed by atoms with E-state index in [1.807, 2.05) is 0 Å². The summed E-state index contributed by atoms with van der Waals surface area (Å²) in [4.78, 5) is 32.0. The van der Waals surface area contributed by atoms with Crippen molar-refractivity contribution >= 4 is 33.1 Å². The van der Waals surface area contributed by atoms with Crippen LogP contribution in [0.15, 0.2) is 40.3 Å². The van der Waals surface area contributed by atoms with Crippen LogP contribution >= 0.6 is 0 Å². The molecule has 0 spiro atoms. The number of carboxylic acids is 1. The van der Waals surface area contributed by atoms with Gasteiger partial charge in [-0.15, -0.1) is 0 Å². The van der Waals surface area contributed by atoms with Crippen molar-refractivity contribution in [2.45, 2.75) is 4.90 Å². The molecule has 23 heavy (non-hydrogen) atoms. The number of carbonyl (C=O) groups is 1. The van der Waals surface area contributed by atoms with Gasteiger partial charge in [-0.05, 0) is 24.3 Å². The molecular weight excluding hydrogens is 326 g/mol. The van der Waals surface area contributed by atoms with Gasteiger partial charge in [0.1, 0.15) is 6.33 Å². The van der Waals surface area contributed by atoms with Crippen molar-refractivity contribution in [2.24, 2.45) is 0 Å². The van der Waals surface area contributed by atoms with Crippen LogP contribution in [0.1, 0.15) is 10.4 Å². The monoisotopic (exact) mass is 335 g/mol. The highest BCUT2D eigenvalue weighted by molar-refractivity contribution is 7.90. The second-order valence-corrected chi connectivity index (χ2v) is 6.31. The number of imidazole rings is 1. The highest BCUT2D eigenvalue weighted by atomic mass is 32.2. The summed E-state index contributed by atoms with van der Waals surface area (Å²) in [5, 5.41) is 8.84. The second-order valence-electron chi connectivity index (χ2n) is 4.50. The van der Waals surface area contributed by atoms with E-state index in [2.05, 4.69) is 15.0 Å². The fourth-order valence-electron chi connectivity index (χ4n) is 1.97. The third-order valence-electron chi connectivity index (χ3n) is 3.05. The molecule has 10 nitrogen and oxygen atoms in total. The Kier molecular flexibility index (Phi) is 3.14. The van der Waals surface area contributed by atoms with E-state index in [1.165, 1.54) is 0 Å². The van der Waals surface area contributed by atoms with Crippen LogP contribution < -0.4 is 11.3 Å². The van der Waals surface area contributed by atoms with Crippen LogP contribution in [0.4, 0.5) is 5.95 Å². The Hall–Kier alpha value is -3.21. The summed E-state index contributed by atoms with van der Waals surface area (Å²) in [6, 6.07) is 4.59.